The number of hydrogen-bond donors (Lipinski definition) is 0. The predicted molar refractivity (Wildman–Crippen MR) is 190 cm³/mol. The van der Waals surface area contributed by atoms with Crippen molar-refractivity contribution in [3.63, 3.8) is 0 Å². The highest BCUT2D eigenvalue weighted by molar-refractivity contribution is 6.07. The Bertz CT molecular complexity index is 2490. The Hall–Kier alpha value is -5.92. The van der Waals surface area contributed by atoms with Crippen LogP contribution in [-0.4, -0.2) is 0 Å². The van der Waals surface area contributed by atoms with E-state index < -0.39 is 5.41 Å². The molecule has 0 bridgehead atoms. The number of ether oxygens (including phenoxy) is 1. The molecular weight excluding hydrogens is 556 g/mol. The molecule has 0 spiro atoms. The van der Waals surface area contributed by atoms with Gasteiger partial charge in [0.15, 0.2) is 0 Å². The Morgan fingerprint density at radius 2 is 1.02 bits per heavy atom. The molecule has 1 aliphatic carbocycles. The molecule has 1 unspecified atom stereocenters. The van der Waals surface area contributed by atoms with Gasteiger partial charge in [0.25, 0.3) is 0 Å². The van der Waals surface area contributed by atoms with E-state index in [-0.39, 0.29) is 0 Å². The molecule has 0 saturated heterocycles. The molecule has 214 valence electrons. The van der Waals surface area contributed by atoms with Crippen LogP contribution < -0.4 is 4.74 Å². The second-order valence-electron chi connectivity index (χ2n) is 12.4. The third-order valence-corrected chi connectivity index (χ3v) is 10.1. The van der Waals surface area contributed by atoms with Crippen LogP contribution in [0.25, 0.3) is 54.9 Å². The van der Waals surface area contributed by atoms with Gasteiger partial charge in [-0.2, -0.15) is 0 Å². The number of benzene rings is 8. The van der Waals surface area contributed by atoms with Crippen LogP contribution in [0.15, 0.2) is 170 Å². The average Bonchev–Trinajstić information content (AvgIpc) is 3.41. The SMILES string of the molecule is c1ccc(C2(c3ccc(-c4ccc5cccc6c5c4Oc4ccccc4-6)cc3)c3ccccc3-c3cc4ccccc4cc32)cc1. The molecule has 8 aromatic rings. The van der Waals surface area contributed by atoms with E-state index in [9.17, 15) is 0 Å². The Balaban J connectivity index is 1.21. The van der Waals surface area contributed by atoms with Crippen LogP contribution >= 0.6 is 0 Å². The van der Waals surface area contributed by atoms with Gasteiger partial charge in [0.2, 0.25) is 0 Å². The van der Waals surface area contributed by atoms with E-state index in [1.807, 2.05) is 6.07 Å². The summed E-state index contributed by atoms with van der Waals surface area (Å²) in [5.74, 6) is 1.83. The fraction of sp³-hybridized carbons (Fsp3) is 0.0222. The van der Waals surface area contributed by atoms with Crippen LogP contribution in [0.5, 0.6) is 11.5 Å². The van der Waals surface area contributed by atoms with Crippen molar-refractivity contribution in [1.82, 2.24) is 0 Å². The van der Waals surface area contributed by atoms with Crippen molar-refractivity contribution in [3.05, 3.63) is 192 Å². The molecule has 1 heteroatoms. The minimum absolute atomic E-state index is 0.448. The zero-order chi connectivity index (χ0) is 30.2. The van der Waals surface area contributed by atoms with E-state index in [0.717, 1.165) is 28.2 Å². The Labute approximate surface area is 268 Å². The Morgan fingerprint density at radius 3 is 1.87 bits per heavy atom. The normalized spacial score (nSPS) is 15.7. The molecule has 1 heterocycles. The zero-order valence-corrected chi connectivity index (χ0v) is 25.1. The molecule has 0 aromatic heterocycles. The first-order chi connectivity index (χ1) is 22.8. The fourth-order valence-corrected chi connectivity index (χ4v) is 8.13. The molecule has 0 saturated carbocycles. The van der Waals surface area contributed by atoms with Crippen molar-refractivity contribution in [2.75, 3.05) is 0 Å². The Kier molecular flexibility index (Phi) is 5.27. The van der Waals surface area contributed by atoms with Crippen molar-refractivity contribution in [3.8, 4) is 44.9 Å². The summed E-state index contributed by atoms with van der Waals surface area (Å²) in [6.07, 6.45) is 0. The van der Waals surface area contributed by atoms with E-state index in [4.69, 9.17) is 4.74 Å². The van der Waals surface area contributed by atoms with Crippen molar-refractivity contribution >= 4 is 21.5 Å². The van der Waals surface area contributed by atoms with Crippen LogP contribution in [0.3, 0.4) is 0 Å². The fourth-order valence-electron chi connectivity index (χ4n) is 8.13. The minimum atomic E-state index is -0.448. The van der Waals surface area contributed by atoms with E-state index in [1.165, 1.54) is 60.5 Å². The van der Waals surface area contributed by atoms with Gasteiger partial charge in [-0.25, -0.2) is 0 Å². The van der Waals surface area contributed by atoms with Crippen molar-refractivity contribution < 1.29 is 4.74 Å². The molecule has 1 atom stereocenters. The summed E-state index contributed by atoms with van der Waals surface area (Å²) in [5.41, 5.74) is 12.0. The molecule has 0 amide bonds. The molecular formula is C45H28O. The van der Waals surface area contributed by atoms with Crippen LogP contribution in [0.1, 0.15) is 22.3 Å². The lowest BCUT2D eigenvalue weighted by Crippen LogP contribution is -2.28. The highest BCUT2D eigenvalue weighted by Crippen LogP contribution is 2.57. The maximum absolute atomic E-state index is 6.69. The first-order valence-corrected chi connectivity index (χ1v) is 15.9. The molecule has 1 nitrogen and oxygen atoms in total. The summed E-state index contributed by atoms with van der Waals surface area (Å²) in [5, 5.41) is 4.89. The molecule has 0 fully saturated rings. The lowest BCUT2D eigenvalue weighted by molar-refractivity contribution is 0.489. The first-order valence-electron chi connectivity index (χ1n) is 15.9. The maximum Gasteiger partial charge on any atom is 0.143 e. The van der Waals surface area contributed by atoms with Gasteiger partial charge in [0.05, 0.1) is 5.41 Å². The number of rotatable bonds is 3. The van der Waals surface area contributed by atoms with Gasteiger partial charge in [0, 0.05) is 16.5 Å². The summed E-state index contributed by atoms with van der Waals surface area (Å²) < 4.78 is 6.69. The summed E-state index contributed by atoms with van der Waals surface area (Å²) in [7, 11) is 0. The first kappa shape index (κ1) is 25.4. The number of fused-ring (bicyclic) bond motifs is 6. The van der Waals surface area contributed by atoms with Gasteiger partial charge in [-0.15, -0.1) is 0 Å². The zero-order valence-electron chi connectivity index (χ0n) is 25.1. The molecule has 0 N–H and O–H groups in total. The topological polar surface area (TPSA) is 9.23 Å². The third-order valence-electron chi connectivity index (χ3n) is 10.1. The van der Waals surface area contributed by atoms with Gasteiger partial charge in [-0.1, -0.05) is 146 Å². The van der Waals surface area contributed by atoms with E-state index in [1.54, 1.807) is 0 Å². The van der Waals surface area contributed by atoms with E-state index in [2.05, 4.69) is 164 Å². The smallest absolute Gasteiger partial charge is 0.143 e. The molecule has 8 aromatic carbocycles. The van der Waals surface area contributed by atoms with Crippen LogP contribution in [-0.2, 0) is 5.41 Å². The monoisotopic (exact) mass is 584 g/mol. The predicted octanol–water partition coefficient (Wildman–Crippen LogP) is 11.8. The quantitative estimate of drug-likeness (QED) is 0.201. The Morgan fingerprint density at radius 1 is 0.370 bits per heavy atom. The van der Waals surface area contributed by atoms with E-state index >= 15 is 0 Å². The standard InChI is InChI=1S/C45H28O/c1-2-14-33(15-3-1)45(40-19-8-6-16-36(40)39-27-31-11-4-5-12-32(31)28-41(39)45)34-24-21-29(22-25-34)35-26-23-30-13-10-18-38-37-17-7-9-20-42(37)46-44(35)43(30)38/h1-28H. The molecule has 0 radical (unpaired) electrons. The summed E-state index contributed by atoms with van der Waals surface area (Å²) >= 11 is 0. The van der Waals surface area contributed by atoms with Crippen molar-refractivity contribution in [1.29, 1.82) is 0 Å². The molecule has 10 rings (SSSR count). The van der Waals surface area contributed by atoms with E-state index in [0.29, 0.717) is 0 Å². The minimum Gasteiger partial charge on any atom is -0.455 e. The number of para-hydroxylation sites is 1. The summed E-state index contributed by atoms with van der Waals surface area (Å²) in [6.45, 7) is 0. The van der Waals surface area contributed by atoms with Crippen molar-refractivity contribution in [2.24, 2.45) is 0 Å². The molecule has 46 heavy (non-hydrogen) atoms. The largest absolute Gasteiger partial charge is 0.455 e. The van der Waals surface area contributed by atoms with Crippen LogP contribution in [0, 0.1) is 0 Å². The maximum atomic E-state index is 6.69. The third kappa shape index (κ3) is 3.40. The van der Waals surface area contributed by atoms with Gasteiger partial charge in [-0.05, 0) is 84.9 Å². The lowest BCUT2D eigenvalue weighted by Gasteiger charge is -2.34. The average molecular weight is 585 g/mol. The van der Waals surface area contributed by atoms with Gasteiger partial charge in [-0.3, -0.25) is 0 Å². The highest BCUT2D eigenvalue weighted by Gasteiger charge is 2.46. The molecule has 1 aliphatic heterocycles. The summed E-state index contributed by atoms with van der Waals surface area (Å²) in [4.78, 5) is 0. The lowest BCUT2D eigenvalue weighted by atomic mass is 9.67. The van der Waals surface area contributed by atoms with Gasteiger partial charge >= 0.3 is 0 Å². The summed E-state index contributed by atoms with van der Waals surface area (Å²) in [6, 6.07) is 62.0. The van der Waals surface area contributed by atoms with Crippen LogP contribution in [0.2, 0.25) is 0 Å². The van der Waals surface area contributed by atoms with Gasteiger partial charge < -0.3 is 4.74 Å². The van der Waals surface area contributed by atoms with Gasteiger partial charge in [0.1, 0.15) is 11.5 Å². The van der Waals surface area contributed by atoms with Crippen LogP contribution in [0.4, 0.5) is 0 Å². The number of hydrogen-bond acceptors (Lipinski definition) is 1. The second-order valence-corrected chi connectivity index (χ2v) is 12.4. The highest BCUT2D eigenvalue weighted by atomic mass is 16.5. The molecule has 2 aliphatic rings. The van der Waals surface area contributed by atoms with Crippen molar-refractivity contribution in [2.45, 2.75) is 5.41 Å². The second kappa shape index (κ2) is 9.54.